The van der Waals surface area contributed by atoms with Crippen molar-refractivity contribution in [2.45, 2.75) is 63.5 Å². The van der Waals surface area contributed by atoms with Crippen molar-refractivity contribution in [2.75, 3.05) is 33.4 Å². The number of carbonyl (C=O) groups is 2. The van der Waals surface area contributed by atoms with Crippen molar-refractivity contribution in [1.82, 2.24) is 29.7 Å². The minimum absolute atomic E-state index is 0.00556. The monoisotopic (exact) mass is 610 g/mol. The van der Waals surface area contributed by atoms with E-state index in [1.54, 1.807) is 7.11 Å². The van der Waals surface area contributed by atoms with Crippen LogP contribution in [0.15, 0.2) is 60.9 Å². The van der Waals surface area contributed by atoms with Crippen molar-refractivity contribution >= 4 is 11.8 Å². The fraction of sp³-hybridized carbons (Fsp3) is 0.429. The zero-order valence-corrected chi connectivity index (χ0v) is 25.9. The Morgan fingerprint density at radius 1 is 0.756 bits per heavy atom. The average Bonchev–Trinajstić information content (AvgIpc) is 3.90. The lowest BCUT2D eigenvalue weighted by Gasteiger charge is -2.23. The molecular formula is C35H42N6O4. The van der Waals surface area contributed by atoms with Gasteiger partial charge in [-0.25, -0.2) is 9.97 Å². The van der Waals surface area contributed by atoms with E-state index in [4.69, 9.17) is 9.84 Å². The summed E-state index contributed by atoms with van der Waals surface area (Å²) >= 11 is 0. The molecule has 236 valence electrons. The van der Waals surface area contributed by atoms with Crippen LogP contribution in [-0.4, -0.2) is 80.1 Å². The minimum atomic E-state index is -0.0423. The zero-order valence-electron chi connectivity index (χ0n) is 25.9. The molecular weight excluding hydrogens is 568 g/mol. The molecule has 0 unspecified atom stereocenters. The maximum absolute atomic E-state index is 12.8. The van der Waals surface area contributed by atoms with Gasteiger partial charge < -0.3 is 29.6 Å². The Hall–Kier alpha value is -4.28. The maximum atomic E-state index is 12.8. The normalized spacial score (nSPS) is 18.2. The van der Waals surface area contributed by atoms with Crippen LogP contribution in [-0.2, 0) is 14.3 Å². The zero-order chi connectivity index (χ0) is 31.2. The van der Waals surface area contributed by atoms with Gasteiger partial charge in [-0.3, -0.25) is 9.59 Å². The first-order valence-electron chi connectivity index (χ1n) is 16.1. The summed E-state index contributed by atoms with van der Waals surface area (Å²) in [5, 5.41) is 9.10. The minimum Gasteiger partial charge on any atom is -0.396 e. The molecule has 2 aliphatic rings. The van der Waals surface area contributed by atoms with Crippen LogP contribution in [0.4, 0.5) is 0 Å². The highest BCUT2D eigenvalue weighted by molar-refractivity contribution is 5.77. The highest BCUT2D eigenvalue weighted by Crippen LogP contribution is 2.34. The lowest BCUT2D eigenvalue weighted by molar-refractivity contribution is -0.133. The largest absolute Gasteiger partial charge is 0.396 e. The number of aromatic nitrogens is 4. The summed E-state index contributed by atoms with van der Waals surface area (Å²) in [6, 6.07) is 16.8. The number of H-pyrrole nitrogens is 2. The molecule has 4 heterocycles. The van der Waals surface area contributed by atoms with Gasteiger partial charge in [0, 0.05) is 46.3 Å². The highest BCUT2D eigenvalue weighted by Gasteiger charge is 2.32. The number of aliphatic hydroxyl groups excluding tert-OH is 1. The van der Waals surface area contributed by atoms with E-state index < -0.39 is 0 Å². The molecule has 0 aliphatic carbocycles. The number of aromatic amines is 2. The molecule has 45 heavy (non-hydrogen) atoms. The molecule has 2 aromatic carbocycles. The van der Waals surface area contributed by atoms with Gasteiger partial charge in [0.15, 0.2) is 0 Å². The van der Waals surface area contributed by atoms with Gasteiger partial charge >= 0.3 is 0 Å². The maximum Gasteiger partial charge on any atom is 0.223 e. The topological polar surface area (TPSA) is 127 Å². The molecule has 2 aromatic heterocycles. The Morgan fingerprint density at radius 3 is 1.64 bits per heavy atom. The second-order valence-corrected chi connectivity index (χ2v) is 11.9. The first-order chi connectivity index (χ1) is 22.1. The molecule has 2 atom stereocenters. The lowest BCUT2D eigenvalue weighted by Crippen LogP contribution is -2.31. The van der Waals surface area contributed by atoms with Gasteiger partial charge in [0.05, 0.1) is 35.9 Å². The highest BCUT2D eigenvalue weighted by atomic mass is 16.5. The van der Waals surface area contributed by atoms with Gasteiger partial charge in [0.2, 0.25) is 11.8 Å². The molecule has 2 saturated heterocycles. The SMILES string of the molecule is COCCCC(=O)N1CCC[C@H]1c1ncc(-c2ccc(-c3ccc(-c4cnc([C@@H]5CCCN5C(=O)CCCO)[nH]4)cc3)cc2)[nH]1. The second-order valence-electron chi connectivity index (χ2n) is 11.9. The smallest absolute Gasteiger partial charge is 0.223 e. The molecule has 0 bridgehead atoms. The first-order valence-corrected chi connectivity index (χ1v) is 16.1. The number of imidazole rings is 2. The van der Waals surface area contributed by atoms with Crippen LogP contribution in [0.2, 0.25) is 0 Å². The van der Waals surface area contributed by atoms with E-state index in [1.165, 1.54) is 0 Å². The molecule has 0 spiro atoms. The fourth-order valence-corrected chi connectivity index (χ4v) is 6.57. The van der Waals surface area contributed by atoms with Crippen LogP contribution in [0.1, 0.15) is 75.1 Å². The molecule has 10 heteroatoms. The number of ether oxygens (including phenoxy) is 1. The van der Waals surface area contributed by atoms with E-state index in [-0.39, 0.29) is 30.5 Å². The van der Waals surface area contributed by atoms with Crippen LogP contribution in [0.25, 0.3) is 33.6 Å². The summed E-state index contributed by atoms with van der Waals surface area (Å²) in [6.07, 6.45) is 9.53. The van der Waals surface area contributed by atoms with Gasteiger partial charge in [-0.15, -0.1) is 0 Å². The van der Waals surface area contributed by atoms with Gasteiger partial charge in [-0.2, -0.15) is 0 Å². The predicted molar refractivity (Wildman–Crippen MR) is 172 cm³/mol. The lowest BCUT2D eigenvalue weighted by atomic mass is 10.0. The van der Waals surface area contributed by atoms with Crippen LogP contribution in [0, 0.1) is 0 Å². The van der Waals surface area contributed by atoms with Crippen LogP contribution >= 0.6 is 0 Å². The van der Waals surface area contributed by atoms with Crippen molar-refractivity contribution < 1.29 is 19.4 Å². The molecule has 4 aromatic rings. The number of likely N-dealkylation sites (tertiary alicyclic amines) is 2. The quantitative estimate of drug-likeness (QED) is 0.178. The number of carbonyl (C=O) groups excluding carboxylic acids is 2. The molecule has 2 aliphatic heterocycles. The summed E-state index contributed by atoms with van der Waals surface area (Å²) in [5.74, 6) is 1.90. The van der Waals surface area contributed by atoms with Crippen molar-refractivity contribution in [2.24, 2.45) is 0 Å². The standard InChI is InChI=1S/C35H42N6O4/c1-45-21-5-9-33(44)41-19-3-7-31(41)35-37-23-29(39-35)27-16-12-25(13-17-27)24-10-14-26(15-11-24)28-22-36-34(38-28)30-6-2-18-40(30)32(43)8-4-20-42/h10-17,22-23,30-31,42H,2-9,18-21H2,1H3,(H,36,38)(H,37,39)/t30-,31-/m0/s1. The van der Waals surface area contributed by atoms with Crippen LogP contribution < -0.4 is 0 Å². The number of rotatable bonds is 12. The number of hydrogen-bond donors (Lipinski definition) is 3. The van der Waals surface area contributed by atoms with Crippen LogP contribution in [0.5, 0.6) is 0 Å². The molecule has 3 N–H and O–H groups in total. The third-order valence-corrected chi connectivity index (χ3v) is 8.98. The Kier molecular flexibility index (Phi) is 9.71. The average molecular weight is 611 g/mol. The fourth-order valence-electron chi connectivity index (χ4n) is 6.57. The number of methoxy groups -OCH3 is 1. The number of benzene rings is 2. The van der Waals surface area contributed by atoms with E-state index in [0.717, 1.165) is 90.5 Å². The van der Waals surface area contributed by atoms with Gasteiger partial charge in [0.25, 0.3) is 0 Å². The third-order valence-electron chi connectivity index (χ3n) is 8.98. The summed E-state index contributed by atoms with van der Waals surface area (Å²) in [7, 11) is 1.66. The molecule has 0 radical (unpaired) electrons. The number of nitrogens with one attached hydrogen (secondary N) is 2. The van der Waals surface area contributed by atoms with Crippen molar-refractivity contribution in [3.63, 3.8) is 0 Å². The Morgan fingerprint density at radius 2 is 1.20 bits per heavy atom. The van der Waals surface area contributed by atoms with Gasteiger partial charge in [-0.1, -0.05) is 48.5 Å². The van der Waals surface area contributed by atoms with Crippen LogP contribution in [0.3, 0.4) is 0 Å². The molecule has 10 nitrogen and oxygen atoms in total. The Bertz CT molecular complexity index is 1580. The van der Waals surface area contributed by atoms with E-state index in [0.29, 0.717) is 25.9 Å². The molecule has 0 saturated carbocycles. The molecule has 6 rings (SSSR count). The molecule has 2 fully saturated rings. The third kappa shape index (κ3) is 6.87. The summed E-state index contributed by atoms with van der Waals surface area (Å²) in [4.78, 5) is 45.5. The second kappa shape index (κ2) is 14.2. The predicted octanol–water partition coefficient (Wildman–Crippen LogP) is 5.66. The summed E-state index contributed by atoms with van der Waals surface area (Å²) in [5.41, 5.74) is 6.17. The Balaban J connectivity index is 1.09. The van der Waals surface area contributed by atoms with Gasteiger partial charge in [0.1, 0.15) is 11.6 Å². The number of nitrogens with zero attached hydrogens (tertiary/aromatic N) is 4. The Labute approximate surface area is 263 Å². The van der Waals surface area contributed by atoms with Crippen molar-refractivity contribution in [1.29, 1.82) is 0 Å². The van der Waals surface area contributed by atoms with E-state index >= 15 is 0 Å². The van der Waals surface area contributed by atoms with E-state index in [2.05, 4.69) is 68.5 Å². The van der Waals surface area contributed by atoms with Crippen molar-refractivity contribution in [3.05, 3.63) is 72.6 Å². The number of hydrogen-bond acceptors (Lipinski definition) is 6. The van der Waals surface area contributed by atoms with Gasteiger partial charge in [-0.05, 0) is 60.8 Å². The van der Waals surface area contributed by atoms with E-state index in [9.17, 15) is 9.59 Å². The summed E-state index contributed by atoms with van der Waals surface area (Å²) < 4.78 is 5.10. The number of amides is 2. The number of aliphatic hydroxyl groups is 1. The summed E-state index contributed by atoms with van der Waals surface area (Å²) in [6.45, 7) is 2.13. The molecule has 2 amide bonds. The van der Waals surface area contributed by atoms with Crippen molar-refractivity contribution in [3.8, 4) is 33.6 Å². The first kappa shape index (κ1) is 30.7. The van der Waals surface area contributed by atoms with E-state index in [1.807, 2.05) is 22.2 Å².